The summed E-state index contributed by atoms with van der Waals surface area (Å²) in [4.78, 5) is 13.6. The Bertz CT molecular complexity index is 1220. The molecule has 0 spiro atoms. The SMILES string of the molecule is CC1CN(Cc2ccc(COC3=NC=CC(CC#N)N3c3nc4ccccc4s3)cc2)CC(C)O1. The monoisotopic (exact) mass is 487 g/mol. The second-order valence-corrected chi connectivity index (χ2v) is 10.1. The molecule has 180 valence electrons. The van der Waals surface area contributed by atoms with Crippen LogP contribution in [0.15, 0.2) is 65.8 Å². The summed E-state index contributed by atoms with van der Waals surface area (Å²) in [6.07, 6.45) is 4.49. The van der Waals surface area contributed by atoms with Gasteiger partial charge >= 0.3 is 0 Å². The number of benzene rings is 2. The summed E-state index contributed by atoms with van der Waals surface area (Å²) in [5, 5.41) is 10.1. The third-order valence-corrected chi connectivity index (χ3v) is 7.15. The smallest absolute Gasteiger partial charge is 0.299 e. The number of fused-ring (bicyclic) bond motifs is 1. The van der Waals surface area contributed by atoms with Gasteiger partial charge in [-0.05, 0) is 43.2 Å². The second kappa shape index (κ2) is 10.6. The Kier molecular flexibility index (Phi) is 7.09. The zero-order valence-corrected chi connectivity index (χ0v) is 20.8. The van der Waals surface area contributed by atoms with Crippen molar-refractivity contribution in [2.75, 3.05) is 18.0 Å². The van der Waals surface area contributed by atoms with Gasteiger partial charge in [0.2, 0.25) is 0 Å². The van der Waals surface area contributed by atoms with Crippen LogP contribution >= 0.6 is 11.3 Å². The van der Waals surface area contributed by atoms with Crippen molar-refractivity contribution in [1.82, 2.24) is 9.88 Å². The zero-order valence-electron chi connectivity index (χ0n) is 20.0. The highest BCUT2D eigenvalue weighted by Gasteiger charge is 2.28. The molecule has 2 aromatic carbocycles. The van der Waals surface area contributed by atoms with E-state index < -0.39 is 0 Å². The summed E-state index contributed by atoms with van der Waals surface area (Å²) in [5.74, 6) is 0. The predicted octanol–water partition coefficient (Wildman–Crippen LogP) is 5.09. The molecule has 0 N–H and O–H groups in total. The van der Waals surface area contributed by atoms with Crippen LogP contribution < -0.4 is 4.90 Å². The van der Waals surface area contributed by atoms with Gasteiger partial charge in [-0.1, -0.05) is 47.7 Å². The van der Waals surface area contributed by atoms with E-state index in [0.717, 1.165) is 40.5 Å². The molecular weight excluding hydrogens is 458 g/mol. The highest BCUT2D eigenvalue weighted by molar-refractivity contribution is 7.22. The molecule has 8 heteroatoms. The zero-order chi connectivity index (χ0) is 24.2. The fourth-order valence-corrected chi connectivity index (χ4v) is 5.62. The molecule has 5 rings (SSSR count). The first-order valence-electron chi connectivity index (χ1n) is 11.9. The number of hydrogen-bond acceptors (Lipinski definition) is 8. The van der Waals surface area contributed by atoms with Crippen LogP contribution in [0.4, 0.5) is 5.13 Å². The minimum atomic E-state index is -0.172. The number of aliphatic imine (C=N–C) groups is 1. The van der Waals surface area contributed by atoms with Crippen molar-refractivity contribution >= 4 is 32.7 Å². The molecule has 7 nitrogen and oxygen atoms in total. The van der Waals surface area contributed by atoms with E-state index >= 15 is 0 Å². The molecule has 0 saturated carbocycles. The molecule has 0 bridgehead atoms. The van der Waals surface area contributed by atoms with Gasteiger partial charge in [0.05, 0.1) is 41.0 Å². The minimum Gasteiger partial charge on any atom is -0.460 e. The standard InChI is InChI=1S/C27H29N5O2S/c1-19-15-31(16-20(2)34-19)17-21-7-9-22(10-8-21)18-33-26-29-14-12-23(11-13-28)32(26)27-30-24-5-3-4-6-25(24)35-27/h3-10,12,14,19-20,23H,11,15-18H2,1-2H3. The van der Waals surface area contributed by atoms with Crippen LogP contribution in [0.5, 0.6) is 0 Å². The van der Waals surface area contributed by atoms with Crippen LogP contribution in [0.25, 0.3) is 10.2 Å². The molecule has 35 heavy (non-hydrogen) atoms. The lowest BCUT2D eigenvalue weighted by Crippen LogP contribution is -2.44. The van der Waals surface area contributed by atoms with Crippen molar-refractivity contribution in [3.63, 3.8) is 0 Å². The molecule has 2 aliphatic heterocycles. The molecular formula is C27H29N5O2S. The highest BCUT2D eigenvalue weighted by Crippen LogP contribution is 2.32. The number of anilines is 1. The van der Waals surface area contributed by atoms with Crippen molar-refractivity contribution in [3.05, 3.63) is 71.9 Å². The van der Waals surface area contributed by atoms with Crippen molar-refractivity contribution < 1.29 is 9.47 Å². The lowest BCUT2D eigenvalue weighted by Gasteiger charge is -2.35. The molecule has 1 saturated heterocycles. The van der Waals surface area contributed by atoms with Gasteiger partial charge in [0.1, 0.15) is 6.61 Å². The summed E-state index contributed by atoms with van der Waals surface area (Å²) in [6, 6.07) is 19.1. The number of ether oxygens (including phenoxy) is 2. The van der Waals surface area contributed by atoms with Gasteiger partial charge in [-0.25, -0.2) is 9.98 Å². The predicted molar refractivity (Wildman–Crippen MR) is 139 cm³/mol. The van der Waals surface area contributed by atoms with E-state index in [1.807, 2.05) is 35.2 Å². The van der Waals surface area contributed by atoms with Gasteiger partial charge in [-0.15, -0.1) is 0 Å². The molecule has 3 unspecified atom stereocenters. The minimum absolute atomic E-state index is 0.172. The fourth-order valence-electron chi connectivity index (χ4n) is 4.60. The van der Waals surface area contributed by atoms with Gasteiger partial charge in [0.25, 0.3) is 6.02 Å². The third kappa shape index (κ3) is 5.54. The van der Waals surface area contributed by atoms with Crippen LogP contribution in [0.1, 0.15) is 31.4 Å². The van der Waals surface area contributed by atoms with E-state index in [-0.39, 0.29) is 18.2 Å². The lowest BCUT2D eigenvalue weighted by molar-refractivity contribution is -0.0704. The average Bonchev–Trinajstić information content (AvgIpc) is 3.27. The number of aromatic nitrogens is 1. The summed E-state index contributed by atoms with van der Waals surface area (Å²) < 4.78 is 13.1. The van der Waals surface area contributed by atoms with E-state index in [1.54, 1.807) is 17.5 Å². The van der Waals surface area contributed by atoms with E-state index in [2.05, 4.69) is 54.1 Å². The number of para-hydroxylation sites is 1. The quantitative estimate of drug-likeness (QED) is 0.482. The Hall–Kier alpha value is -3.25. The number of nitriles is 1. The Morgan fingerprint density at radius 3 is 2.57 bits per heavy atom. The van der Waals surface area contributed by atoms with Crippen molar-refractivity contribution in [2.45, 2.75) is 51.7 Å². The van der Waals surface area contributed by atoms with E-state index in [9.17, 15) is 5.26 Å². The van der Waals surface area contributed by atoms with Gasteiger partial charge in [0, 0.05) is 25.8 Å². The molecule has 0 radical (unpaired) electrons. The summed E-state index contributed by atoms with van der Waals surface area (Å²) in [7, 11) is 0. The lowest BCUT2D eigenvalue weighted by atomic mass is 10.1. The van der Waals surface area contributed by atoms with Gasteiger partial charge in [-0.2, -0.15) is 5.26 Å². The number of thiazole rings is 1. The van der Waals surface area contributed by atoms with Gasteiger partial charge in [-0.3, -0.25) is 9.80 Å². The normalized spacial score (nSPS) is 22.7. The first kappa shape index (κ1) is 23.5. The summed E-state index contributed by atoms with van der Waals surface area (Å²) in [6.45, 7) is 7.47. The Labute approximate surface area is 209 Å². The number of nitrogens with zero attached hydrogens (tertiary/aromatic N) is 5. The average molecular weight is 488 g/mol. The number of hydrogen-bond donors (Lipinski definition) is 0. The van der Waals surface area contributed by atoms with Crippen LogP contribution in [0.3, 0.4) is 0 Å². The molecule has 3 heterocycles. The topological polar surface area (TPSA) is 74.0 Å². The first-order chi connectivity index (χ1) is 17.1. The Morgan fingerprint density at radius 1 is 1.09 bits per heavy atom. The van der Waals surface area contributed by atoms with Crippen LogP contribution in [0.2, 0.25) is 0 Å². The second-order valence-electron chi connectivity index (χ2n) is 9.07. The van der Waals surface area contributed by atoms with Crippen molar-refractivity contribution in [1.29, 1.82) is 5.26 Å². The largest absolute Gasteiger partial charge is 0.460 e. The Morgan fingerprint density at radius 2 is 1.83 bits per heavy atom. The summed E-state index contributed by atoms with van der Waals surface area (Å²) >= 11 is 1.57. The van der Waals surface area contributed by atoms with E-state index in [4.69, 9.17) is 14.5 Å². The number of rotatable bonds is 6. The number of morpholine rings is 1. The fraction of sp³-hybridized carbons (Fsp3) is 0.370. The number of amidine groups is 1. The van der Waals surface area contributed by atoms with Gasteiger partial charge in [0.15, 0.2) is 5.13 Å². The van der Waals surface area contributed by atoms with Crippen molar-refractivity contribution in [2.24, 2.45) is 4.99 Å². The molecule has 2 aliphatic rings. The molecule has 0 amide bonds. The molecule has 3 aromatic rings. The molecule has 0 aliphatic carbocycles. The van der Waals surface area contributed by atoms with Gasteiger partial charge < -0.3 is 9.47 Å². The van der Waals surface area contributed by atoms with Crippen molar-refractivity contribution in [3.8, 4) is 6.07 Å². The Balaban J connectivity index is 1.27. The maximum Gasteiger partial charge on any atom is 0.299 e. The maximum absolute atomic E-state index is 9.37. The van der Waals surface area contributed by atoms with E-state index in [1.165, 1.54) is 5.56 Å². The molecule has 1 fully saturated rings. The van der Waals surface area contributed by atoms with E-state index in [0.29, 0.717) is 19.0 Å². The van der Waals surface area contributed by atoms with Crippen LogP contribution in [-0.2, 0) is 22.6 Å². The van der Waals surface area contributed by atoms with Crippen LogP contribution in [0, 0.1) is 11.3 Å². The summed E-state index contributed by atoms with van der Waals surface area (Å²) in [5.41, 5.74) is 3.27. The first-order valence-corrected chi connectivity index (χ1v) is 12.8. The highest BCUT2D eigenvalue weighted by atomic mass is 32.1. The molecule has 1 aromatic heterocycles. The third-order valence-electron chi connectivity index (χ3n) is 6.11. The maximum atomic E-state index is 9.37. The van der Waals surface area contributed by atoms with Crippen LogP contribution in [-0.4, -0.2) is 47.2 Å². The molecule has 3 atom stereocenters.